The number of likely N-dealkylation sites (N-methyl/N-ethyl adjacent to an activating group) is 1. The van der Waals surface area contributed by atoms with Crippen LogP contribution in [0.2, 0.25) is 4.34 Å². The molecule has 1 unspecified atom stereocenters. The Hall–Kier alpha value is -1.77. The summed E-state index contributed by atoms with van der Waals surface area (Å²) in [6.45, 7) is 2.30. The van der Waals surface area contributed by atoms with E-state index in [1.807, 2.05) is 11.0 Å². The Kier molecular flexibility index (Phi) is 6.31. The summed E-state index contributed by atoms with van der Waals surface area (Å²) in [7, 11) is 1.80. The summed E-state index contributed by atoms with van der Waals surface area (Å²) in [6.07, 6.45) is -4.74. The fourth-order valence-electron chi connectivity index (χ4n) is 2.01. The van der Waals surface area contributed by atoms with Gasteiger partial charge < -0.3 is 10.1 Å². The first kappa shape index (κ1) is 19.6. The molecule has 1 atom stereocenters. The van der Waals surface area contributed by atoms with E-state index in [0.29, 0.717) is 16.6 Å². The van der Waals surface area contributed by atoms with Gasteiger partial charge >= 0.3 is 6.36 Å². The molecule has 0 saturated heterocycles. The van der Waals surface area contributed by atoms with Crippen molar-refractivity contribution in [1.82, 2.24) is 4.90 Å². The minimum atomic E-state index is -4.74. The van der Waals surface area contributed by atoms with Gasteiger partial charge in [0.2, 0.25) is 5.91 Å². The molecule has 2 aromatic rings. The van der Waals surface area contributed by atoms with Crippen LogP contribution in [0.5, 0.6) is 5.75 Å². The fraction of sp³-hybridized carbons (Fsp3) is 0.312. The molecular formula is C16H16ClF3N2O2S. The molecule has 0 bridgehead atoms. The van der Waals surface area contributed by atoms with Crippen molar-refractivity contribution >= 4 is 34.5 Å². The third-order valence-electron chi connectivity index (χ3n) is 3.43. The average Bonchev–Trinajstić information content (AvgIpc) is 2.92. The van der Waals surface area contributed by atoms with E-state index in [4.69, 9.17) is 11.6 Å². The molecule has 136 valence electrons. The van der Waals surface area contributed by atoms with Gasteiger partial charge in [0.25, 0.3) is 0 Å². The fourth-order valence-corrected chi connectivity index (χ4v) is 3.16. The summed E-state index contributed by atoms with van der Waals surface area (Å²) < 4.78 is 40.8. The van der Waals surface area contributed by atoms with Crippen LogP contribution in [0, 0.1) is 0 Å². The monoisotopic (exact) mass is 392 g/mol. The Labute approximate surface area is 152 Å². The van der Waals surface area contributed by atoms with Crippen molar-refractivity contribution in [2.45, 2.75) is 25.9 Å². The van der Waals surface area contributed by atoms with Crippen molar-refractivity contribution in [2.75, 3.05) is 12.4 Å². The van der Waals surface area contributed by atoms with Gasteiger partial charge in [0.1, 0.15) is 5.75 Å². The highest BCUT2D eigenvalue weighted by Crippen LogP contribution is 2.25. The van der Waals surface area contributed by atoms with E-state index < -0.39 is 12.4 Å². The Morgan fingerprint density at radius 1 is 1.28 bits per heavy atom. The first-order chi connectivity index (χ1) is 11.6. The average molecular weight is 393 g/mol. The van der Waals surface area contributed by atoms with E-state index >= 15 is 0 Å². The van der Waals surface area contributed by atoms with Crippen LogP contribution in [0.15, 0.2) is 36.4 Å². The molecule has 0 saturated carbocycles. The molecule has 9 heteroatoms. The Morgan fingerprint density at radius 2 is 1.92 bits per heavy atom. The second-order valence-corrected chi connectivity index (χ2v) is 7.16. The number of nitrogens with one attached hydrogen (secondary N) is 1. The van der Waals surface area contributed by atoms with Crippen molar-refractivity contribution in [1.29, 1.82) is 0 Å². The van der Waals surface area contributed by atoms with Gasteiger partial charge in [-0.05, 0) is 50.4 Å². The van der Waals surface area contributed by atoms with E-state index in [0.717, 1.165) is 17.0 Å². The molecule has 0 radical (unpaired) electrons. The molecule has 1 N–H and O–H groups in total. The van der Waals surface area contributed by atoms with Gasteiger partial charge in [0, 0.05) is 17.1 Å². The topological polar surface area (TPSA) is 41.6 Å². The number of amides is 1. The Balaban J connectivity index is 1.91. The third-order valence-corrected chi connectivity index (χ3v) is 4.65. The smallest absolute Gasteiger partial charge is 0.406 e. The zero-order chi connectivity index (χ0) is 18.6. The largest absolute Gasteiger partial charge is 0.573 e. The maximum absolute atomic E-state index is 12.3. The van der Waals surface area contributed by atoms with Gasteiger partial charge in [-0.3, -0.25) is 9.69 Å². The molecule has 1 heterocycles. The lowest BCUT2D eigenvalue weighted by molar-refractivity contribution is -0.274. The first-order valence-electron chi connectivity index (χ1n) is 7.25. The number of carbonyl (C=O) groups excluding carboxylic acids is 1. The SMILES string of the molecule is CC(C(=O)Nc1ccc(OC(F)(F)F)cc1)N(C)Cc1ccc(Cl)s1. The lowest BCUT2D eigenvalue weighted by Crippen LogP contribution is -2.39. The second kappa shape index (κ2) is 8.07. The number of hydrogen-bond donors (Lipinski definition) is 1. The predicted octanol–water partition coefficient (Wildman–Crippen LogP) is 4.76. The highest BCUT2D eigenvalue weighted by Gasteiger charge is 2.31. The highest BCUT2D eigenvalue weighted by molar-refractivity contribution is 7.16. The lowest BCUT2D eigenvalue weighted by Gasteiger charge is -2.23. The standard InChI is InChI=1S/C16H16ClF3N2O2S/c1-10(22(2)9-13-7-8-14(17)25-13)15(23)21-11-3-5-12(6-4-11)24-16(18,19)20/h3-8,10H,9H2,1-2H3,(H,21,23). The highest BCUT2D eigenvalue weighted by atomic mass is 35.5. The minimum absolute atomic E-state index is 0.269. The number of carbonyl (C=O) groups is 1. The maximum atomic E-state index is 12.3. The van der Waals surface area contributed by atoms with Crippen molar-refractivity contribution in [3.05, 3.63) is 45.6 Å². The molecule has 1 amide bonds. The minimum Gasteiger partial charge on any atom is -0.406 e. The van der Waals surface area contributed by atoms with Gasteiger partial charge in [-0.1, -0.05) is 11.6 Å². The van der Waals surface area contributed by atoms with Crippen molar-refractivity contribution in [2.24, 2.45) is 0 Å². The van der Waals surface area contributed by atoms with E-state index in [9.17, 15) is 18.0 Å². The first-order valence-corrected chi connectivity index (χ1v) is 8.44. The van der Waals surface area contributed by atoms with E-state index in [1.54, 1.807) is 20.0 Å². The summed E-state index contributed by atoms with van der Waals surface area (Å²) in [4.78, 5) is 15.2. The quantitative estimate of drug-likeness (QED) is 0.770. The predicted molar refractivity (Wildman–Crippen MR) is 92.0 cm³/mol. The normalized spacial score (nSPS) is 12.9. The van der Waals surface area contributed by atoms with Crippen LogP contribution in [0.3, 0.4) is 0 Å². The number of rotatable bonds is 6. The van der Waals surface area contributed by atoms with E-state index in [2.05, 4.69) is 10.1 Å². The van der Waals surface area contributed by atoms with Crippen LogP contribution in [0.1, 0.15) is 11.8 Å². The van der Waals surface area contributed by atoms with Crippen LogP contribution in [-0.4, -0.2) is 30.3 Å². The third kappa shape index (κ3) is 6.22. The van der Waals surface area contributed by atoms with Crippen LogP contribution < -0.4 is 10.1 Å². The molecule has 0 aliphatic carbocycles. The lowest BCUT2D eigenvalue weighted by atomic mass is 10.2. The zero-order valence-corrected chi connectivity index (χ0v) is 15.0. The number of anilines is 1. The van der Waals surface area contributed by atoms with Crippen LogP contribution in [0.4, 0.5) is 18.9 Å². The summed E-state index contributed by atoms with van der Waals surface area (Å²) >= 11 is 7.33. The van der Waals surface area contributed by atoms with E-state index in [1.165, 1.54) is 23.5 Å². The summed E-state index contributed by atoms with van der Waals surface area (Å²) in [6, 6.07) is 8.25. The molecule has 2 rings (SSSR count). The van der Waals surface area contributed by atoms with Crippen molar-refractivity contribution in [3.8, 4) is 5.75 Å². The molecule has 0 fully saturated rings. The van der Waals surface area contributed by atoms with Crippen molar-refractivity contribution in [3.63, 3.8) is 0 Å². The Bertz CT molecular complexity index is 719. The molecule has 0 spiro atoms. The summed E-state index contributed by atoms with van der Waals surface area (Å²) in [5.74, 6) is -0.611. The molecular weight excluding hydrogens is 377 g/mol. The number of nitrogens with zero attached hydrogens (tertiary/aromatic N) is 1. The molecule has 4 nitrogen and oxygen atoms in total. The van der Waals surface area contributed by atoms with Crippen LogP contribution in [0.25, 0.3) is 0 Å². The Morgan fingerprint density at radius 3 is 2.44 bits per heavy atom. The number of ether oxygens (including phenoxy) is 1. The summed E-state index contributed by atoms with van der Waals surface area (Å²) in [5, 5.41) is 2.66. The van der Waals surface area contributed by atoms with Crippen molar-refractivity contribution < 1.29 is 22.7 Å². The molecule has 1 aromatic carbocycles. The number of thiophene rings is 1. The second-order valence-electron chi connectivity index (χ2n) is 5.36. The molecule has 1 aromatic heterocycles. The van der Waals surface area contributed by atoms with Crippen LogP contribution in [-0.2, 0) is 11.3 Å². The number of hydrogen-bond acceptors (Lipinski definition) is 4. The molecule has 25 heavy (non-hydrogen) atoms. The van der Waals surface area contributed by atoms with Crippen LogP contribution >= 0.6 is 22.9 Å². The maximum Gasteiger partial charge on any atom is 0.573 e. The van der Waals surface area contributed by atoms with E-state index in [-0.39, 0.29) is 11.7 Å². The van der Waals surface area contributed by atoms with Gasteiger partial charge in [-0.2, -0.15) is 0 Å². The zero-order valence-electron chi connectivity index (χ0n) is 13.4. The van der Waals surface area contributed by atoms with Gasteiger partial charge in [-0.15, -0.1) is 24.5 Å². The summed E-state index contributed by atoms with van der Waals surface area (Å²) in [5.41, 5.74) is 0.388. The number of halogens is 4. The van der Waals surface area contributed by atoms with Gasteiger partial charge in [0.15, 0.2) is 0 Å². The van der Waals surface area contributed by atoms with Gasteiger partial charge in [-0.25, -0.2) is 0 Å². The van der Waals surface area contributed by atoms with Gasteiger partial charge in [0.05, 0.1) is 10.4 Å². The molecule has 0 aliphatic rings. The number of alkyl halides is 3. The number of benzene rings is 1. The molecule has 0 aliphatic heterocycles.